The highest BCUT2D eigenvalue weighted by atomic mass is 35.5. The second kappa shape index (κ2) is 11.0. The Morgan fingerprint density at radius 1 is 0.757 bits per heavy atom. The van der Waals surface area contributed by atoms with Crippen molar-refractivity contribution in [2.24, 2.45) is 0 Å². The number of rotatable bonds is 10. The maximum Gasteiger partial charge on any atom is 0.134 e. The van der Waals surface area contributed by atoms with E-state index in [1.54, 1.807) is 16.8 Å². The Morgan fingerprint density at radius 2 is 1.38 bits per heavy atom. The van der Waals surface area contributed by atoms with Gasteiger partial charge in [0.1, 0.15) is 42.0 Å². The van der Waals surface area contributed by atoms with Crippen LogP contribution in [0.4, 0.5) is 11.6 Å². The molecular weight excluding hydrogens is 517 g/mol. The van der Waals surface area contributed by atoms with E-state index < -0.39 is 0 Å². The van der Waals surface area contributed by atoms with Crippen molar-refractivity contribution in [1.29, 1.82) is 0 Å². The van der Waals surface area contributed by atoms with Gasteiger partial charge in [-0.15, -0.1) is 5.10 Å². The number of nitrogens with two attached hydrogens (primary N) is 2. The molecule has 5 rings (SSSR count). The van der Waals surface area contributed by atoms with Gasteiger partial charge in [0.05, 0.1) is 47.0 Å². The average Bonchev–Trinajstić information content (AvgIpc) is 3.33. The predicted octanol–water partition coefficient (Wildman–Crippen LogP) is 4.52. The zero-order valence-electron chi connectivity index (χ0n) is 19.6. The highest BCUT2D eigenvalue weighted by Gasteiger charge is 2.07. The van der Waals surface area contributed by atoms with E-state index in [4.69, 9.17) is 48.9 Å². The summed E-state index contributed by atoms with van der Waals surface area (Å²) in [5.74, 6) is 2.08. The SMILES string of the molecule is Nc1cc(Cl)c2cc(OCCOCCn3cc(COc4ccc5nc(N)cc(Cl)c5c4)nn3)ccc2n1. The van der Waals surface area contributed by atoms with E-state index >= 15 is 0 Å². The van der Waals surface area contributed by atoms with Gasteiger partial charge in [-0.1, -0.05) is 28.4 Å². The number of anilines is 2. The van der Waals surface area contributed by atoms with Gasteiger partial charge in [0, 0.05) is 10.8 Å². The molecule has 0 fully saturated rings. The van der Waals surface area contributed by atoms with Gasteiger partial charge in [0.15, 0.2) is 0 Å². The Hall–Kier alpha value is -3.86. The molecule has 5 aromatic rings. The third-order valence-electron chi connectivity index (χ3n) is 5.43. The van der Waals surface area contributed by atoms with Crippen molar-refractivity contribution in [1.82, 2.24) is 25.0 Å². The third-order valence-corrected chi connectivity index (χ3v) is 6.06. The normalized spacial score (nSPS) is 11.3. The Labute approximate surface area is 222 Å². The standard InChI is InChI=1S/C25H23Cl2N7O3/c26-20-11-24(28)30-22-3-1-16(9-18(20)22)36-8-7-35-6-5-34-13-15(32-33-34)14-37-17-2-4-23-19(10-17)21(27)12-25(29)31-23/h1-4,9-13H,5-8,14H2,(H2,28,30)(H2,29,31). The number of ether oxygens (including phenoxy) is 3. The van der Waals surface area contributed by atoms with Crippen LogP contribution < -0.4 is 20.9 Å². The number of hydrogen-bond acceptors (Lipinski definition) is 9. The van der Waals surface area contributed by atoms with Crippen LogP contribution in [0.2, 0.25) is 10.0 Å². The van der Waals surface area contributed by atoms with Gasteiger partial charge in [-0.05, 0) is 48.5 Å². The minimum Gasteiger partial charge on any atom is -0.491 e. The smallest absolute Gasteiger partial charge is 0.134 e. The lowest BCUT2D eigenvalue weighted by Crippen LogP contribution is -2.11. The summed E-state index contributed by atoms with van der Waals surface area (Å²) in [6, 6.07) is 14.2. The lowest BCUT2D eigenvalue weighted by Gasteiger charge is -2.09. The minimum absolute atomic E-state index is 0.262. The molecule has 3 aromatic heterocycles. The molecule has 10 nitrogen and oxygen atoms in total. The van der Waals surface area contributed by atoms with Crippen molar-refractivity contribution in [2.45, 2.75) is 13.2 Å². The monoisotopic (exact) mass is 539 g/mol. The number of halogens is 2. The number of nitrogens with zero attached hydrogens (tertiary/aromatic N) is 5. The van der Waals surface area contributed by atoms with Crippen LogP contribution >= 0.6 is 23.2 Å². The largest absolute Gasteiger partial charge is 0.491 e. The third kappa shape index (κ3) is 6.11. The Morgan fingerprint density at radius 3 is 2.03 bits per heavy atom. The Kier molecular flexibility index (Phi) is 7.40. The maximum absolute atomic E-state index is 6.27. The molecule has 0 radical (unpaired) electrons. The Balaban J connectivity index is 1.04. The van der Waals surface area contributed by atoms with Crippen molar-refractivity contribution in [3.63, 3.8) is 0 Å². The first-order chi connectivity index (χ1) is 17.9. The molecule has 0 unspecified atom stereocenters. The predicted molar refractivity (Wildman–Crippen MR) is 143 cm³/mol. The molecule has 3 heterocycles. The fraction of sp³-hybridized carbons (Fsp3) is 0.200. The van der Waals surface area contributed by atoms with Crippen LogP contribution in [0.3, 0.4) is 0 Å². The zero-order valence-corrected chi connectivity index (χ0v) is 21.1. The maximum atomic E-state index is 6.27. The van der Waals surface area contributed by atoms with Crippen LogP contribution in [0.5, 0.6) is 11.5 Å². The molecule has 37 heavy (non-hydrogen) atoms. The van der Waals surface area contributed by atoms with Gasteiger partial charge >= 0.3 is 0 Å². The summed E-state index contributed by atoms with van der Waals surface area (Å²) in [4.78, 5) is 8.51. The van der Waals surface area contributed by atoms with Gasteiger partial charge < -0.3 is 25.7 Å². The molecule has 4 N–H and O–H groups in total. The Bertz CT molecular complexity index is 1560. The second-order valence-corrected chi connectivity index (χ2v) is 8.95. The molecule has 0 spiro atoms. The van der Waals surface area contributed by atoms with Crippen molar-refractivity contribution >= 4 is 56.6 Å². The van der Waals surface area contributed by atoms with Crippen molar-refractivity contribution < 1.29 is 14.2 Å². The second-order valence-electron chi connectivity index (χ2n) is 8.14. The van der Waals surface area contributed by atoms with Crippen molar-refractivity contribution in [3.05, 3.63) is 70.5 Å². The fourth-order valence-corrected chi connectivity index (χ4v) is 4.22. The molecule has 0 aliphatic carbocycles. The first-order valence-electron chi connectivity index (χ1n) is 11.4. The van der Waals surface area contributed by atoms with Crippen molar-refractivity contribution in [2.75, 3.05) is 31.3 Å². The van der Waals surface area contributed by atoms with E-state index in [1.807, 2.05) is 42.6 Å². The summed E-state index contributed by atoms with van der Waals surface area (Å²) in [6.45, 7) is 2.07. The quantitative estimate of drug-likeness (QED) is 0.245. The van der Waals surface area contributed by atoms with Crippen LogP contribution in [0, 0.1) is 0 Å². The van der Waals surface area contributed by atoms with E-state index in [9.17, 15) is 0 Å². The van der Waals surface area contributed by atoms with Crippen LogP contribution in [-0.4, -0.2) is 44.8 Å². The average molecular weight is 540 g/mol. The minimum atomic E-state index is 0.262. The zero-order chi connectivity index (χ0) is 25.8. The topological polar surface area (TPSA) is 136 Å². The lowest BCUT2D eigenvalue weighted by atomic mass is 10.2. The summed E-state index contributed by atoms with van der Waals surface area (Å²) in [6.07, 6.45) is 1.82. The molecule has 0 aliphatic heterocycles. The van der Waals surface area contributed by atoms with Gasteiger partial charge in [-0.25, -0.2) is 14.6 Å². The molecule has 190 valence electrons. The lowest BCUT2D eigenvalue weighted by molar-refractivity contribution is 0.0924. The van der Waals surface area contributed by atoms with Gasteiger partial charge in [0.25, 0.3) is 0 Å². The summed E-state index contributed by atoms with van der Waals surface area (Å²) in [5, 5.41) is 10.9. The van der Waals surface area contributed by atoms with Crippen LogP contribution in [0.1, 0.15) is 5.69 Å². The highest BCUT2D eigenvalue weighted by molar-refractivity contribution is 6.36. The van der Waals surface area contributed by atoms with E-state index in [0.29, 0.717) is 70.8 Å². The van der Waals surface area contributed by atoms with Crippen LogP contribution in [0.25, 0.3) is 21.8 Å². The number of hydrogen-bond donors (Lipinski definition) is 2. The van der Waals surface area contributed by atoms with Crippen molar-refractivity contribution in [3.8, 4) is 11.5 Å². The number of benzene rings is 2. The van der Waals surface area contributed by atoms with Crippen LogP contribution in [0.15, 0.2) is 54.7 Å². The molecule has 0 saturated carbocycles. The van der Waals surface area contributed by atoms with Gasteiger partial charge in [-0.2, -0.15) is 0 Å². The number of aromatic nitrogens is 5. The number of nitrogen functional groups attached to an aromatic ring is 2. The van der Waals surface area contributed by atoms with E-state index in [1.165, 1.54) is 0 Å². The van der Waals surface area contributed by atoms with Crippen LogP contribution in [-0.2, 0) is 17.9 Å². The molecule has 0 bridgehead atoms. The fourth-order valence-electron chi connectivity index (χ4n) is 3.70. The summed E-state index contributed by atoms with van der Waals surface area (Å²) in [7, 11) is 0. The van der Waals surface area contributed by atoms with E-state index in [0.717, 1.165) is 16.3 Å². The number of fused-ring (bicyclic) bond motifs is 2. The molecule has 0 saturated heterocycles. The molecule has 0 aliphatic rings. The number of pyridine rings is 2. The summed E-state index contributed by atoms with van der Waals surface area (Å²) >= 11 is 12.5. The molecule has 0 atom stereocenters. The first kappa shape index (κ1) is 24.8. The first-order valence-corrected chi connectivity index (χ1v) is 12.1. The molecule has 12 heteroatoms. The molecular formula is C25H23Cl2N7O3. The van der Waals surface area contributed by atoms with Gasteiger partial charge in [0.2, 0.25) is 0 Å². The highest BCUT2D eigenvalue weighted by Crippen LogP contribution is 2.29. The summed E-state index contributed by atoms with van der Waals surface area (Å²) in [5.41, 5.74) is 13.6. The summed E-state index contributed by atoms with van der Waals surface area (Å²) < 4.78 is 19.0. The molecule has 2 aromatic carbocycles. The molecule has 0 amide bonds. The van der Waals surface area contributed by atoms with Gasteiger partial charge in [-0.3, -0.25) is 0 Å². The van der Waals surface area contributed by atoms with E-state index in [-0.39, 0.29) is 6.61 Å². The van der Waals surface area contributed by atoms with E-state index in [2.05, 4.69) is 20.3 Å².